The van der Waals surface area contributed by atoms with Crippen LogP contribution < -0.4 is 42.4 Å². The molecule has 115 heavy (non-hydrogen) atoms. The van der Waals surface area contributed by atoms with Crippen molar-refractivity contribution in [1.82, 2.24) is 30.2 Å². The average Bonchev–Trinajstić information content (AvgIpc) is 1.63. The summed E-state index contributed by atoms with van der Waals surface area (Å²) in [6, 6.07) is 23.0. The Bertz CT molecular complexity index is 6430. The molecule has 7 aromatic carbocycles. The van der Waals surface area contributed by atoms with E-state index in [-0.39, 0.29) is 126 Å². The number of nitrogens with zero attached hydrogens (tertiary/aromatic N) is 5. The van der Waals surface area contributed by atoms with E-state index in [2.05, 4.69) is 20.9 Å². The Hall–Kier alpha value is -11.2. The number of benzene rings is 8. The summed E-state index contributed by atoms with van der Waals surface area (Å²) in [7, 11) is -17.1. The molecule has 0 fully saturated rings. The first kappa shape index (κ1) is 80.4. The Labute approximate surface area is 658 Å². The van der Waals surface area contributed by atoms with Crippen molar-refractivity contribution >= 4 is 121 Å². The van der Waals surface area contributed by atoms with Crippen LogP contribution in [0, 0.1) is 5.41 Å². The number of amides is 6. The molecule has 2 unspecified atom stereocenters. The second-order valence-corrected chi connectivity index (χ2v) is 35.8. The van der Waals surface area contributed by atoms with E-state index in [9.17, 15) is 90.6 Å². The number of carboxylic acids is 1. The molecule has 6 aliphatic heterocycles. The maximum absolute atomic E-state index is 14.2. The highest BCUT2D eigenvalue weighted by atomic mass is 32.2. The molecule has 600 valence electrons. The van der Waals surface area contributed by atoms with Crippen molar-refractivity contribution < 1.29 is 99.7 Å². The molecule has 7 aromatic rings. The molecule has 32 nitrogen and oxygen atoms in total. The number of nitrogens with two attached hydrogens (primary N) is 1. The van der Waals surface area contributed by atoms with E-state index in [1.165, 1.54) is 48.5 Å². The van der Waals surface area contributed by atoms with Crippen LogP contribution in [0.2, 0.25) is 0 Å². The van der Waals surface area contributed by atoms with E-state index in [1.54, 1.807) is 50.4 Å². The summed E-state index contributed by atoms with van der Waals surface area (Å²) in [5, 5.41) is 27.2. The molecule has 36 heteroatoms. The van der Waals surface area contributed by atoms with Crippen LogP contribution in [0.25, 0.3) is 49.8 Å². The first-order valence-electron chi connectivity index (χ1n) is 36.4. The molecule has 0 spiro atoms. The van der Waals surface area contributed by atoms with Crippen LogP contribution in [0.15, 0.2) is 132 Å². The SMILES string of the molecule is CC1N=c2c(cc3c(c2S(=O)(=O)O)Oc2c(cc4c(c2S(=O)(=O)O)NC(C)C4(C)C)C=3c2ccc(C(=O)NCCCN(C)CCCN3C(=O)c4ccc5c6c(ccc(c46)C3=O)C(=O)N(CCCN(C)CCCNC(=O)c3ccc(-c4c6ccc(=N)c(S(=O)(=O)O)c-6oc6c(S(=O)(=O)O)c(N)ccc46)c(C(=O)O)c3)C5=O)cc2)C1(C)C. The van der Waals surface area contributed by atoms with Gasteiger partial charge in [0, 0.05) is 120 Å². The maximum atomic E-state index is 14.2. The highest BCUT2D eigenvalue weighted by Crippen LogP contribution is 2.54. The monoisotopic (exact) mass is 1650 g/mol. The van der Waals surface area contributed by atoms with Gasteiger partial charge in [-0.1, -0.05) is 45.9 Å². The Morgan fingerprint density at radius 3 is 1.57 bits per heavy atom. The predicted molar refractivity (Wildman–Crippen MR) is 418 cm³/mol. The van der Waals surface area contributed by atoms with Gasteiger partial charge in [-0.15, -0.1) is 0 Å². The molecule has 6 amide bonds. The number of rotatable bonds is 25. The summed E-state index contributed by atoms with van der Waals surface area (Å²) in [6.07, 6.45) is 1.57. The topological polar surface area (TPSA) is 491 Å². The Balaban J connectivity index is 0.571. The van der Waals surface area contributed by atoms with Crippen molar-refractivity contribution in [2.24, 2.45) is 4.99 Å². The van der Waals surface area contributed by atoms with Gasteiger partial charge in [-0.05, 0) is 187 Å². The fourth-order valence-electron chi connectivity index (χ4n) is 15.9. The Kier molecular flexibility index (Phi) is 20.3. The van der Waals surface area contributed by atoms with Crippen LogP contribution in [0.3, 0.4) is 0 Å². The molecule has 1 aliphatic carbocycles. The lowest BCUT2D eigenvalue weighted by atomic mass is 9.78. The average molecular weight is 1650 g/mol. The minimum absolute atomic E-state index is 0.00461. The number of carbonyl (C=O) groups excluding carboxylic acids is 6. The van der Waals surface area contributed by atoms with Crippen LogP contribution in [0.4, 0.5) is 11.4 Å². The third kappa shape index (κ3) is 13.9. The lowest BCUT2D eigenvalue weighted by Gasteiger charge is -2.32. The van der Waals surface area contributed by atoms with E-state index >= 15 is 0 Å². The number of imide groups is 2. The molecule has 0 radical (unpaired) electrons. The number of fused-ring (bicyclic) bond motifs is 6. The smallest absolute Gasteiger partial charge is 0.336 e. The van der Waals surface area contributed by atoms with Crippen molar-refractivity contribution in [3.8, 4) is 33.9 Å². The van der Waals surface area contributed by atoms with Crippen molar-refractivity contribution in [3.63, 3.8) is 0 Å². The molecular formula is C79H78N10O22S4. The predicted octanol–water partition coefficient (Wildman–Crippen LogP) is 7.32. The van der Waals surface area contributed by atoms with Gasteiger partial charge in [0.1, 0.15) is 0 Å². The van der Waals surface area contributed by atoms with Gasteiger partial charge in [-0.25, -0.2) is 4.79 Å². The minimum atomic E-state index is -5.27. The zero-order valence-corrected chi connectivity index (χ0v) is 66.3. The van der Waals surface area contributed by atoms with Gasteiger partial charge >= 0.3 is 5.97 Å². The molecule has 14 rings (SSSR count). The van der Waals surface area contributed by atoms with Gasteiger partial charge in [0.2, 0.25) is 0 Å². The van der Waals surface area contributed by atoms with Crippen molar-refractivity contribution in [3.05, 3.63) is 180 Å². The third-order valence-electron chi connectivity index (χ3n) is 22.5. The fraction of sp³-hybridized carbons (Fsp3) is 0.304. The number of carbonyl (C=O) groups is 7. The van der Waals surface area contributed by atoms with Gasteiger partial charge < -0.3 is 45.7 Å². The largest absolute Gasteiger partial charge is 0.478 e. The number of nitrogens with one attached hydrogen (secondary N) is 4. The number of aromatic carboxylic acids is 1. The van der Waals surface area contributed by atoms with Crippen LogP contribution >= 0.6 is 0 Å². The lowest BCUT2D eigenvalue weighted by Crippen LogP contribution is -2.44. The van der Waals surface area contributed by atoms with Crippen molar-refractivity contribution in [2.45, 2.75) is 110 Å². The molecule has 0 saturated carbocycles. The normalized spacial score (nSPS) is 16.7. The first-order chi connectivity index (χ1) is 53.9. The van der Waals surface area contributed by atoms with E-state index < -0.39 is 152 Å². The number of anilines is 2. The standard InChI is InChI=1S/C79H78N10O22S4/c1-38-78(3,4)53-36-51-57(52-37-54-62(85-39(2)79(54,5)6)70(115(107,108)109)66(52)111-65(51)69(61(53)84-38)114(104,105)106)40-13-15-41(16-14-40)71(90)82-27-9-29-86(7)31-11-33-88-73(92)46-19-21-48-60-49(22-20-47(59(46)60)74(88)93)76(95)89(75(48)94)34-12-32-87(8)30-10-28-83-72(91)42-17-18-43(50(35-42)77(96)97)58-44-23-25-55(80)67(112(98,99)100)63(44)110-64-45(58)24-26-56(81)68(64)113(101,102)103/h13-26,35-39,80,84H,9-12,27-34,81H2,1-8H3,(H,82,90)(H,83,91)(H,96,97)(H,98,99,100)(H,101,102,103)(H,104,105,106)(H,107,108,109). The quantitative estimate of drug-likeness (QED) is 0.00880. The number of ether oxygens (including phenoxy) is 1. The van der Waals surface area contributed by atoms with Gasteiger partial charge in [-0.3, -0.25) is 67.2 Å². The summed E-state index contributed by atoms with van der Waals surface area (Å²) in [5.41, 5.74) is 4.92. The Morgan fingerprint density at radius 2 is 1.06 bits per heavy atom. The summed E-state index contributed by atoms with van der Waals surface area (Å²) in [4.78, 5) is 104. The third-order valence-corrected chi connectivity index (χ3v) is 26.2. The molecule has 0 bridgehead atoms. The first-order valence-corrected chi connectivity index (χ1v) is 42.2. The van der Waals surface area contributed by atoms with Crippen molar-refractivity contribution in [1.29, 1.82) is 5.41 Å². The van der Waals surface area contributed by atoms with E-state index in [1.807, 2.05) is 51.5 Å². The summed E-state index contributed by atoms with van der Waals surface area (Å²) >= 11 is 0. The summed E-state index contributed by atoms with van der Waals surface area (Å²) in [5.74, 6) is -6.61. The van der Waals surface area contributed by atoms with E-state index in [0.717, 1.165) is 28.0 Å². The number of carboxylic acid groups (broad SMARTS) is 1. The van der Waals surface area contributed by atoms with Gasteiger partial charge in [0.25, 0.3) is 75.9 Å². The lowest BCUT2D eigenvalue weighted by molar-refractivity contribution is 0.0583. The van der Waals surface area contributed by atoms with Crippen LogP contribution in [-0.4, -0.2) is 197 Å². The van der Waals surface area contributed by atoms with Crippen LogP contribution in [0.5, 0.6) is 11.5 Å². The highest BCUT2D eigenvalue weighted by Gasteiger charge is 2.47. The van der Waals surface area contributed by atoms with Crippen LogP contribution in [0.1, 0.15) is 162 Å². The van der Waals surface area contributed by atoms with Crippen LogP contribution in [-0.2, 0) is 51.3 Å². The zero-order chi connectivity index (χ0) is 83.2. The van der Waals surface area contributed by atoms with Gasteiger partial charge in [-0.2, -0.15) is 33.7 Å². The van der Waals surface area contributed by atoms with E-state index in [4.69, 9.17) is 20.3 Å². The van der Waals surface area contributed by atoms with E-state index in [0.29, 0.717) is 74.1 Å². The van der Waals surface area contributed by atoms with Crippen molar-refractivity contribution in [2.75, 3.05) is 77.5 Å². The van der Waals surface area contributed by atoms with Gasteiger partial charge in [0.05, 0.1) is 33.7 Å². The Morgan fingerprint density at radius 1 is 0.574 bits per heavy atom. The van der Waals surface area contributed by atoms with Gasteiger partial charge in [0.15, 0.2) is 42.4 Å². The molecule has 0 saturated heterocycles. The number of hydrogen-bond acceptors (Lipinski definition) is 23. The molecule has 6 heterocycles. The molecule has 2 atom stereocenters. The molecular weight excluding hydrogens is 1570 g/mol. The fourth-order valence-corrected chi connectivity index (χ4v) is 19.0. The molecule has 0 aromatic heterocycles. The maximum Gasteiger partial charge on any atom is 0.336 e. The minimum Gasteiger partial charge on any atom is -0.478 e. The molecule has 7 aliphatic rings. The second-order valence-electron chi connectivity index (χ2n) is 30.4. The zero-order valence-electron chi connectivity index (χ0n) is 63.1. The second kappa shape index (κ2) is 29.0. The highest BCUT2D eigenvalue weighted by molar-refractivity contribution is 7.87. The molecule has 11 N–H and O–H groups in total. The summed E-state index contributed by atoms with van der Waals surface area (Å²) < 4.78 is 159. The number of hydrogen-bond donors (Lipinski definition) is 10. The summed E-state index contributed by atoms with van der Waals surface area (Å²) in [6.45, 7) is 13.4. The number of nitrogen functional groups attached to an aromatic ring is 1.